The van der Waals surface area contributed by atoms with Crippen LogP contribution in [0.2, 0.25) is 0 Å². The van der Waals surface area contributed by atoms with Crippen molar-refractivity contribution < 1.29 is 9.26 Å². The predicted octanol–water partition coefficient (Wildman–Crippen LogP) is 3.47. The Labute approximate surface area is 133 Å². The molecule has 1 heterocycles. The molecular weight excluding hydrogens is 334 g/mol. The summed E-state index contributed by atoms with van der Waals surface area (Å²) in [6.45, 7) is 6.25. The largest absolute Gasteiger partial charge is 0.485 e. The van der Waals surface area contributed by atoms with Gasteiger partial charge in [-0.1, -0.05) is 34.9 Å². The molecule has 0 aliphatic rings. The van der Waals surface area contributed by atoms with Crippen LogP contribution in [-0.4, -0.2) is 16.7 Å². The molecule has 1 N–H and O–H groups in total. The van der Waals surface area contributed by atoms with Crippen molar-refractivity contribution in [2.24, 2.45) is 0 Å². The van der Waals surface area contributed by atoms with E-state index in [1.165, 1.54) is 5.56 Å². The van der Waals surface area contributed by atoms with E-state index in [1.54, 1.807) is 0 Å². The van der Waals surface area contributed by atoms with Gasteiger partial charge >= 0.3 is 0 Å². The normalized spacial score (nSPS) is 10.8. The van der Waals surface area contributed by atoms with Gasteiger partial charge in [-0.3, -0.25) is 0 Å². The minimum Gasteiger partial charge on any atom is -0.485 e. The smallest absolute Gasteiger partial charge is 0.226 e. The van der Waals surface area contributed by atoms with Gasteiger partial charge in [0, 0.05) is 17.4 Å². The zero-order valence-corrected chi connectivity index (χ0v) is 13.9. The molecule has 2 aromatic rings. The van der Waals surface area contributed by atoms with E-state index in [-0.39, 0.29) is 0 Å². The first kappa shape index (κ1) is 16.0. The highest BCUT2D eigenvalue weighted by Gasteiger charge is 2.07. The molecule has 0 amide bonds. The molecule has 0 aliphatic carbocycles. The minimum atomic E-state index is 0.312. The quantitative estimate of drug-likeness (QED) is 0.736. The topological polar surface area (TPSA) is 60.2 Å². The Morgan fingerprint density at radius 2 is 2.19 bits per heavy atom. The van der Waals surface area contributed by atoms with Crippen LogP contribution in [0.5, 0.6) is 5.75 Å². The number of hydrogen-bond donors (Lipinski definition) is 1. The van der Waals surface area contributed by atoms with Gasteiger partial charge in [-0.05, 0) is 36.7 Å². The Morgan fingerprint density at radius 3 is 2.90 bits per heavy atom. The molecule has 1 aromatic carbocycles. The second kappa shape index (κ2) is 8.14. The van der Waals surface area contributed by atoms with Gasteiger partial charge in [-0.25, -0.2) is 0 Å². The molecule has 6 heteroatoms. The Bertz CT molecular complexity index is 572. The third-order valence-corrected chi connectivity index (χ3v) is 3.71. The van der Waals surface area contributed by atoms with E-state index in [1.807, 2.05) is 25.1 Å². The zero-order chi connectivity index (χ0) is 15.1. The number of ether oxygens (including phenoxy) is 1. The van der Waals surface area contributed by atoms with Gasteiger partial charge in [0.1, 0.15) is 5.75 Å². The SMILES string of the molecule is CCCNCc1cc(OCc2noc(CC)n2)ccc1Br. The van der Waals surface area contributed by atoms with E-state index < -0.39 is 0 Å². The van der Waals surface area contributed by atoms with Crippen molar-refractivity contribution in [2.45, 2.75) is 39.8 Å². The number of benzene rings is 1. The number of halogens is 1. The van der Waals surface area contributed by atoms with Crippen LogP contribution in [0.3, 0.4) is 0 Å². The van der Waals surface area contributed by atoms with Crippen LogP contribution < -0.4 is 10.1 Å². The number of nitrogens with one attached hydrogen (secondary N) is 1. The van der Waals surface area contributed by atoms with Gasteiger partial charge in [-0.15, -0.1) is 0 Å². The second-order valence-electron chi connectivity index (χ2n) is 4.68. The lowest BCUT2D eigenvalue weighted by atomic mass is 10.2. The summed E-state index contributed by atoms with van der Waals surface area (Å²) in [7, 11) is 0. The van der Waals surface area contributed by atoms with Gasteiger partial charge in [0.05, 0.1) is 0 Å². The first-order chi connectivity index (χ1) is 10.2. The van der Waals surface area contributed by atoms with E-state index in [0.29, 0.717) is 18.3 Å². The first-order valence-corrected chi connectivity index (χ1v) is 7.95. The third-order valence-electron chi connectivity index (χ3n) is 2.94. The zero-order valence-electron chi connectivity index (χ0n) is 12.4. The van der Waals surface area contributed by atoms with Crippen molar-refractivity contribution in [2.75, 3.05) is 6.54 Å². The van der Waals surface area contributed by atoms with E-state index in [0.717, 1.165) is 36.2 Å². The van der Waals surface area contributed by atoms with Crippen molar-refractivity contribution in [3.8, 4) is 5.75 Å². The Morgan fingerprint density at radius 1 is 1.33 bits per heavy atom. The summed E-state index contributed by atoms with van der Waals surface area (Å²) in [6.07, 6.45) is 1.85. The molecular formula is C15H20BrN3O2. The number of nitrogens with zero attached hydrogens (tertiary/aromatic N) is 2. The molecule has 0 saturated carbocycles. The van der Waals surface area contributed by atoms with Crippen molar-refractivity contribution in [1.29, 1.82) is 0 Å². The fourth-order valence-corrected chi connectivity index (χ4v) is 2.20. The molecule has 5 nitrogen and oxygen atoms in total. The molecule has 1 aromatic heterocycles. The van der Waals surface area contributed by atoms with Crippen molar-refractivity contribution in [3.05, 3.63) is 40.0 Å². The van der Waals surface area contributed by atoms with Gasteiger partial charge < -0.3 is 14.6 Å². The predicted molar refractivity (Wildman–Crippen MR) is 84.1 cm³/mol. The standard InChI is InChI=1S/C15H20BrN3O2/c1-3-7-17-9-11-8-12(5-6-13(11)16)20-10-14-18-15(4-2)21-19-14/h5-6,8,17H,3-4,7,9-10H2,1-2H3. The summed E-state index contributed by atoms with van der Waals surface area (Å²) in [4.78, 5) is 4.22. The van der Waals surface area contributed by atoms with Gasteiger partial charge in [0.2, 0.25) is 11.7 Å². The molecule has 0 saturated heterocycles. The van der Waals surface area contributed by atoms with Gasteiger partial charge in [0.15, 0.2) is 6.61 Å². The molecule has 114 valence electrons. The van der Waals surface area contributed by atoms with Crippen LogP contribution in [0, 0.1) is 0 Å². The molecule has 2 rings (SSSR count). The lowest BCUT2D eigenvalue weighted by molar-refractivity contribution is 0.285. The maximum Gasteiger partial charge on any atom is 0.226 e. The van der Waals surface area contributed by atoms with E-state index in [2.05, 4.69) is 38.3 Å². The molecule has 0 spiro atoms. The van der Waals surface area contributed by atoms with Crippen molar-refractivity contribution in [3.63, 3.8) is 0 Å². The summed E-state index contributed by atoms with van der Waals surface area (Å²) >= 11 is 3.56. The van der Waals surface area contributed by atoms with Crippen LogP contribution in [0.1, 0.15) is 37.5 Å². The minimum absolute atomic E-state index is 0.312. The molecule has 0 fully saturated rings. The summed E-state index contributed by atoms with van der Waals surface area (Å²) in [6, 6.07) is 5.94. The highest BCUT2D eigenvalue weighted by Crippen LogP contribution is 2.23. The van der Waals surface area contributed by atoms with Crippen LogP contribution in [0.4, 0.5) is 0 Å². The Balaban J connectivity index is 1.94. The summed E-state index contributed by atoms with van der Waals surface area (Å²) in [5.74, 6) is 2.00. The fourth-order valence-electron chi connectivity index (χ4n) is 1.82. The monoisotopic (exact) mass is 353 g/mol. The van der Waals surface area contributed by atoms with Gasteiger partial charge in [-0.2, -0.15) is 4.98 Å². The van der Waals surface area contributed by atoms with Gasteiger partial charge in [0.25, 0.3) is 0 Å². The van der Waals surface area contributed by atoms with E-state index >= 15 is 0 Å². The highest BCUT2D eigenvalue weighted by atomic mass is 79.9. The molecule has 0 aliphatic heterocycles. The summed E-state index contributed by atoms with van der Waals surface area (Å²) in [5, 5.41) is 7.25. The van der Waals surface area contributed by atoms with Crippen molar-refractivity contribution >= 4 is 15.9 Å². The first-order valence-electron chi connectivity index (χ1n) is 7.16. The molecule has 21 heavy (non-hydrogen) atoms. The molecule has 0 atom stereocenters. The highest BCUT2D eigenvalue weighted by molar-refractivity contribution is 9.10. The molecule has 0 unspecified atom stereocenters. The summed E-state index contributed by atoms with van der Waals surface area (Å²) in [5.41, 5.74) is 1.17. The number of aromatic nitrogens is 2. The fraction of sp³-hybridized carbons (Fsp3) is 0.467. The maximum absolute atomic E-state index is 5.72. The van der Waals surface area contributed by atoms with Crippen molar-refractivity contribution in [1.82, 2.24) is 15.5 Å². The Kier molecular flexibility index (Phi) is 6.20. The third kappa shape index (κ3) is 4.82. The second-order valence-corrected chi connectivity index (χ2v) is 5.53. The summed E-state index contributed by atoms with van der Waals surface area (Å²) < 4.78 is 11.8. The number of aryl methyl sites for hydroxylation is 1. The number of rotatable bonds is 8. The van der Waals surface area contributed by atoms with E-state index in [4.69, 9.17) is 9.26 Å². The van der Waals surface area contributed by atoms with Crippen LogP contribution in [0.25, 0.3) is 0 Å². The van der Waals surface area contributed by atoms with Crippen LogP contribution in [0.15, 0.2) is 27.2 Å². The van der Waals surface area contributed by atoms with Crippen LogP contribution >= 0.6 is 15.9 Å². The lowest BCUT2D eigenvalue weighted by Crippen LogP contribution is -2.14. The number of hydrogen-bond acceptors (Lipinski definition) is 5. The molecule has 0 radical (unpaired) electrons. The Hall–Kier alpha value is -1.40. The average molecular weight is 354 g/mol. The molecule has 0 bridgehead atoms. The van der Waals surface area contributed by atoms with E-state index in [9.17, 15) is 0 Å². The lowest BCUT2D eigenvalue weighted by Gasteiger charge is -2.09. The van der Waals surface area contributed by atoms with Crippen LogP contribution in [-0.2, 0) is 19.6 Å². The average Bonchev–Trinajstić information content (AvgIpc) is 2.96. The maximum atomic E-state index is 5.72.